The number of Topliss-reactive ketones (excluding diaryl/α,β-unsaturated/α-hetero) is 1. The highest BCUT2D eigenvalue weighted by Gasteiger charge is 2.28. The van der Waals surface area contributed by atoms with Gasteiger partial charge in [0.1, 0.15) is 10.8 Å². The van der Waals surface area contributed by atoms with Gasteiger partial charge >= 0.3 is 5.97 Å². The summed E-state index contributed by atoms with van der Waals surface area (Å²) >= 11 is 1.58. The summed E-state index contributed by atoms with van der Waals surface area (Å²) in [6.07, 6.45) is 4.03. The highest BCUT2D eigenvalue weighted by atomic mass is 32.1. The van der Waals surface area contributed by atoms with E-state index in [0.717, 1.165) is 40.1 Å². The van der Waals surface area contributed by atoms with Crippen molar-refractivity contribution in [2.24, 2.45) is 11.8 Å². The van der Waals surface area contributed by atoms with Crippen LogP contribution in [-0.4, -0.2) is 21.8 Å². The molecule has 2 unspecified atom stereocenters. The first-order chi connectivity index (χ1) is 13.6. The topological polar surface area (TPSA) is 67.3 Å². The fourth-order valence-corrected chi connectivity index (χ4v) is 5.16. The molecule has 1 aliphatic carbocycles. The Labute approximate surface area is 168 Å². The van der Waals surface area contributed by atoms with Gasteiger partial charge in [0.25, 0.3) is 0 Å². The Kier molecular flexibility index (Phi) is 5.53. The van der Waals surface area contributed by atoms with E-state index in [1.807, 2.05) is 24.3 Å². The quantitative estimate of drug-likeness (QED) is 0.612. The summed E-state index contributed by atoms with van der Waals surface area (Å²) in [5, 5.41) is 10.1. The van der Waals surface area contributed by atoms with Gasteiger partial charge in [-0.05, 0) is 48.4 Å². The minimum absolute atomic E-state index is 0.165. The fraction of sp³-hybridized carbons (Fsp3) is 0.348. The molecule has 1 fully saturated rings. The van der Waals surface area contributed by atoms with Gasteiger partial charge in [0.05, 0.1) is 22.6 Å². The van der Waals surface area contributed by atoms with Crippen molar-refractivity contribution in [2.45, 2.75) is 38.5 Å². The molecule has 1 aromatic heterocycles. The molecular weight excluding hydrogens is 370 g/mol. The third kappa shape index (κ3) is 4.30. The average molecular weight is 394 g/mol. The normalized spacial score (nSPS) is 19.6. The largest absolute Gasteiger partial charge is 0.481 e. The molecule has 0 bridgehead atoms. The van der Waals surface area contributed by atoms with Gasteiger partial charge < -0.3 is 5.11 Å². The molecule has 1 aliphatic rings. The molecule has 0 amide bonds. The zero-order valence-electron chi connectivity index (χ0n) is 15.6. The number of ketones is 1. The van der Waals surface area contributed by atoms with Crippen LogP contribution in [0, 0.1) is 11.8 Å². The van der Waals surface area contributed by atoms with Crippen molar-refractivity contribution in [3.63, 3.8) is 0 Å². The number of hydrogen-bond acceptors (Lipinski definition) is 4. The van der Waals surface area contributed by atoms with Crippen LogP contribution in [0.3, 0.4) is 0 Å². The van der Waals surface area contributed by atoms with Crippen molar-refractivity contribution < 1.29 is 14.7 Å². The Bertz CT molecular complexity index is 996. The number of aromatic nitrogens is 1. The summed E-state index contributed by atoms with van der Waals surface area (Å²) in [7, 11) is 0. The molecule has 0 spiro atoms. The predicted molar refractivity (Wildman–Crippen MR) is 111 cm³/mol. The van der Waals surface area contributed by atoms with Crippen molar-refractivity contribution in [1.29, 1.82) is 0 Å². The first-order valence-electron chi connectivity index (χ1n) is 9.78. The number of rotatable bonds is 6. The Hall–Kier alpha value is -2.53. The number of aliphatic carboxylic acids is 1. The minimum Gasteiger partial charge on any atom is -0.481 e. The Morgan fingerprint density at radius 1 is 1.07 bits per heavy atom. The summed E-state index contributed by atoms with van der Waals surface area (Å²) in [6.45, 7) is 0. The maximum Gasteiger partial charge on any atom is 0.306 e. The summed E-state index contributed by atoms with van der Waals surface area (Å²) < 4.78 is 1.09. The second kappa shape index (κ2) is 8.23. The Morgan fingerprint density at radius 2 is 1.89 bits per heavy atom. The molecule has 2 aromatic carbocycles. The molecule has 4 nitrogen and oxygen atoms in total. The van der Waals surface area contributed by atoms with Crippen LogP contribution in [-0.2, 0) is 16.0 Å². The standard InChI is InChI=1S/C23H23NO3S/c25-19(12-15-5-4-8-18(11-15)23(26)27)14-22-24-20-10-9-17(13-21(20)28-22)16-6-2-1-3-7-16/h1-3,6-7,9-10,13,15,18H,4-5,8,11-12,14H2,(H,26,27). The molecule has 2 atom stereocenters. The molecule has 1 heterocycles. The average Bonchev–Trinajstić information content (AvgIpc) is 3.10. The van der Waals surface area contributed by atoms with Crippen LogP contribution in [0.5, 0.6) is 0 Å². The van der Waals surface area contributed by atoms with Gasteiger partial charge in [-0.3, -0.25) is 9.59 Å². The van der Waals surface area contributed by atoms with Crippen LogP contribution >= 0.6 is 11.3 Å². The van der Waals surface area contributed by atoms with Gasteiger partial charge in [-0.1, -0.05) is 42.8 Å². The minimum atomic E-state index is -0.724. The lowest BCUT2D eigenvalue weighted by molar-refractivity contribution is -0.143. The second-order valence-corrected chi connectivity index (χ2v) is 8.76. The summed E-state index contributed by atoms with van der Waals surface area (Å²) in [5.41, 5.74) is 3.24. The molecule has 0 aliphatic heterocycles. The van der Waals surface area contributed by atoms with Gasteiger partial charge in [-0.25, -0.2) is 4.98 Å². The van der Waals surface area contributed by atoms with Crippen LogP contribution in [0.25, 0.3) is 21.3 Å². The molecule has 144 valence electrons. The highest BCUT2D eigenvalue weighted by Crippen LogP contribution is 2.32. The smallest absolute Gasteiger partial charge is 0.306 e. The van der Waals surface area contributed by atoms with Crippen molar-refractivity contribution in [3.8, 4) is 11.1 Å². The van der Waals surface area contributed by atoms with Gasteiger partial charge in [-0.2, -0.15) is 0 Å². The van der Waals surface area contributed by atoms with E-state index in [2.05, 4.69) is 29.2 Å². The number of carboxylic acid groups (broad SMARTS) is 1. The van der Waals surface area contributed by atoms with Crippen LogP contribution in [0.1, 0.15) is 37.1 Å². The monoisotopic (exact) mass is 393 g/mol. The van der Waals surface area contributed by atoms with Crippen LogP contribution in [0.4, 0.5) is 0 Å². The van der Waals surface area contributed by atoms with E-state index in [0.29, 0.717) is 19.3 Å². The maximum absolute atomic E-state index is 12.5. The van der Waals surface area contributed by atoms with E-state index in [1.165, 1.54) is 5.56 Å². The van der Waals surface area contributed by atoms with Crippen LogP contribution in [0.2, 0.25) is 0 Å². The van der Waals surface area contributed by atoms with E-state index >= 15 is 0 Å². The molecular formula is C23H23NO3S. The molecule has 1 saturated carbocycles. The number of carbonyl (C=O) groups excluding carboxylic acids is 1. The summed E-state index contributed by atoms with van der Waals surface area (Å²) in [5.74, 6) is -0.650. The number of hydrogen-bond donors (Lipinski definition) is 1. The van der Waals surface area contributed by atoms with E-state index in [1.54, 1.807) is 11.3 Å². The zero-order valence-corrected chi connectivity index (χ0v) is 16.5. The fourth-order valence-electron chi connectivity index (χ4n) is 4.12. The predicted octanol–water partition coefficient (Wildman–Crippen LogP) is 5.36. The SMILES string of the molecule is O=C(Cc1nc2ccc(-c3ccccc3)cc2s1)CC1CCCC(C(=O)O)C1. The van der Waals surface area contributed by atoms with Gasteiger partial charge in [0, 0.05) is 6.42 Å². The molecule has 4 rings (SSSR count). The first kappa shape index (κ1) is 18.8. The highest BCUT2D eigenvalue weighted by molar-refractivity contribution is 7.18. The van der Waals surface area contributed by atoms with Crippen molar-refractivity contribution in [2.75, 3.05) is 0 Å². The Morgan fingerprint density at radius 3 is 2.68 bits per heavy atom. The maximum atomic E-state index is 12.5. The zero-order chi connectivity index (χ0) is 19.5. The molecule has 1 N–H and O–H groups in total. The van der Waals surface area contributed by atoms with Crippen molar-refractivity contribution in [3.05, 3.63) is 53.5 Å². The summed E-state index contributed by atoms with van der Waals surface area (Å²) in [4.78, 5) is 28.4. The lowest BCUT2D eigenvalue weighted by Gasteiger charge is -2.25. The molecule has 0 radical (unpaired) electrons. The third-order valence-corrected chi connectivity index (χ3v) is 6.55. The van der Waals surface area contributed by atoms with E-state index in [4.69, 9.17) is 0 Å². The number of carbonyl (C=O) groups is 2. The lowest BCUT2D eigenvalue weighted by Crippen LogP contribution is -2.24. The number of carboxylic acids is 1. The van der Waals surface area contributed by atoms with E-state index in [9.17, 15) is 14.7 Å². The van der Waals surface area contributed by atoms with Gasteiger partial charge in [-0.15, -0.1) is 11.3 Å². The number of fused-ring (bicyclic) bond motifs is 1. The Balaban J connectivity index is 1.43. The van der Waals surface area contributed by atoms with Gasteiger partial charge in [0.2, 0.25) is 0 Å². The molecule has 28 heavy (non-hydrogen) atoms. The summed E-state index contributed by atoms with van der Waals surface area (Å²) in [6, 6.07) is 16.4. The number of benzene rings is 2. The second-order valence-electron chi connectivity index (χ2n) is 7.64. The van der Waals surface area contributed by atoms with E-state index in [-0.39, 0.29) is 17.6 Å². The first-order valence-corrected chi connectivity index (χ1v) is 10.6. The molecule has 3 aromatic rings. The van der Waals surface area contributed by atoms with Crippen LogP contribution < -0.4 is 0 Å². The third-order valence-electron chi connectivity index (χ3n) is 5.54. The number of nitrogens with zero attached hydrogens (tertiary/aromatic N) is 1. The lowest BCUT2D eigenvalue weighted by atomic mass is 9.79. The van der Waals surface area contributed by atoms with Crippen molar-refractivity contribution in [1.82, 2.24) is 4.98 Å². The van der Waals surface area contributed by atoms with Crippen LogP contribution in [0.15, 0.2) is 48.5 Å². The molecule has 5 heteroatoms. The molecule has 0 saturated heterocycles. The van der Waals surface area contributed by atoms with Crippen molar-refractivity contribution >= 4 is 33.3 Å². The number of thiazole rings is 1. The van der Waals surface area contributed by atoms with Gasteiger partial charge in [0.15, 0.2) is 0 Å². The van der Waals surface area contributed by atoms with E-state index < -0.39 is 5.97 Å².